The number of hydrogen-bond acceptors (Lipinski definition) is 3. The molecule has 1 aliphatic rings. The number of rotatable bonds is 5. The summed E-state index contributed by atoms with van der Waals surface area (Å²) >= 11 is 0. The fourth-order valence-corrected chi connectivity index (χ4v) is 2.12. The zero-order valence-electron chi connectivity index (χ0n) is 10.3. The van der Waals surface area contributed by atoms with Crippen LogP contribution in [0.15, 0.2) is 18.2 Å². The highest BCUT2D eigenvalue weighted by atomic mass is 19.1. The summed E-state index contributed by atoms with van der Waals surface area (Å²) in [6.07, 6.45) is 2.25. The lowest BCUT2D eigenvalue weighted by Crippen LogP contribution is -2.18. The number of nitriles is 1. The molecular weight excluding hydrogens is 231 g/mol. The Balaban J connectivity index is 1.74. The molecule has 96 valence electrons. The van der Waals surface area contributed by atoms with E-state index in [0.29, 0.717) is 12.5 Å². The molecule has 1 aromatic rings. The van der Waals surface area contributed by atoms with Gasteiger partial charge in [-0.1, -0.05) is 6.07 Å². The summed E-state index contributed by atoms with van der Waals surface area (Å²) in [7, 11) is 0. The number of hydrogen-bond donors (Lipinski definition) is 1. The van der Waals surface area contributed by atoms with Crippen molar-refractivity contribution in [2.45, 2.75) is 19.4 Å². The Bertz CT molecular complexity index is 436. The van der Waals surface area contributed by atoms with E-state index < -0.39 is 5.82 Å². The van der Waals surface area contributed by atoms with Gasteiger partial charge in [0.15, 0.2) is 0 Å². The third-order valence-corrected chi connectivity index (χ3v) is 3.23. The fourth-order valence-electron chi connectivity index (χ4n) is 2.12. The molecular formula is C14H17FN2O. The second-order valence-electron chi connectivity index (χ2n) is 4.62. The second kappa shape index (κ2) is 6.48. The first-order valence-electron chi connectivity index (χ1n) is 6.26. The molecule has 0 radical (unpaired) electrons. The first-order chi connectivity index (χ1) is 8.79. The van der Waals surface area contributed by atoms with Gasteiger partial charge in [0, 0.05) is 19.8 Å². The van der Waals surface area contributed by atoms with Gasteiger partial charge in [0.25, 0.3) is 0 Å². The van der Waals surface area contributed by atoms with Crippen LogP contribution in [0.1, 0.15) is 24.0 Å². The van der Waals surface area contributed by atoms with Crippen LogP contribution in [0.2, 0.25) is 0 Å². The molecule has 1 atom stereocenters. The Labute approximate surface area is 107 Å². The average Bonchev–Trinajstić information content (AvgIpc) is 2.89. The summed E-state index contributed by atoms with van der Waals surface area (Å²) in [5.74, 6) is 0.213. The van der Waals surface area contributed by atoms with E-state index in [-0.39, 0.29) is 5.56 Å². The normalized spacial score (nSPS) is 18.8. The molecule has 4 heteroatoms. The molecule has 0 amide bonds. The van der Waals surface area contributed by atoms with E-state index in [2.05, 4.69) is 5.32 Å². The van der Waals surface area contributed by atoms with Gasteiger partial charge in [0.2, 0.25) is 0 Å². The maximum Gasteiger partial charge on any atom is 0.140 e. The van der Waals surface area contributed by atoms with E-state index in [4.69, 9.17) is 10.00 Å². The van der Waals surface area contributed by atoms with E-state index in [1.54, 1.807) is 12.1 Å². The van der Waals surface area contributed by atoms with Crippen molar-refractivity contribution < 1.29 is 9.13 Å². The summed E-state index contributed by atoms with van der Waals surface area (Å²) in [6.45, 7) is 3.35. The van der Waals surface area contributed by atoms with Gasteiger partial charge in [-0.15, -0.1) is 0 Å². The van der Waals surface area contributed by atoms with Crippen molar-refractivity contribution in [3.63, 3.8) is 0 Å². The summed E-state index contributed by atoms with van der Waals surface area (Å²) in [4.78, 5) is 0. The molecule has 3 nitrogen and oxygen atoms in total. The number of ether oxygens (including phenoxy) is 1. The molecule has 1 unspecified atom stereocenters. The molecule has 18 heavy (non-hydrogen) atoms. The quantitative estimate of drug-likeness (QED) is 0.813. The third-order valence-electron chi connectivity index (χ3n) is 3.23. The summed E-state index contributed by atoms with van der Waals surface area (Å²) in [5, 5.41) is 12.0. The molecule has 0 aliphatic carbocycles. The monoisotopic (exact) mass is 248 g/mol. The predicted molar refractivity (Wildman–Crippen MR) is 66.4 cm³/mol. The van der Waals surface area contributed by atoms with Crippen LogP contribution in [0.25, 0.3) is 0 Å². The van der Waals surface area contributed by atoms with Gasteiger partial charge in [-0.25, -0.2) is 4.39 Å². The average molecular weight is 248 g/mol. The first-order valence-corrected chi connectivity index (χ1v) is 6.26. The summed E-state index contributed by atoms with van der Waals surface area (Å²) < 4.78 is 18.4. The van der Waals surface area contributed by atoms with Crippen molar-refractivity contribution in [2.75, 3.05) is 19.8 Å². The van der Waals surface area contributed by atoms with Gasteiger partial charge in [-0.2, -0.15) is 5.26 Å². The molecule has 1 saturated heterocycles. The van der Waals surface area contributed by atoms with Crippen molar-refractivity contribution in [1.29, 1.82) is 5.26 Å². The third kappa shape index (κ3) is 3.52. The van der Waals surface area contributed by atoms with Gasteiger partial charge in [-0.3, -0.25) is 0 Å². The Morgan fingerprint density at radius 2 is 2.39 bits per heavy atom. The second-order valence-corrected chi connectivity index (χ2v) is 4.62. The van der Waals surface area contributed by atoms with Crippen LogP contribution >= 0.6 is 0 Å². The van der Waals surface area contributed by atoms with E-state index in [9.17, 15) is 4.39 Å². The topological polar surface area (TPSA) is 45.0 Å². The summed E-state index contributed by atoms with van der Waals surface area (Å²) in [5.41, 5.74) is 1.05. The van der Waals surface area contributed by atoms with Crippen molar-refractivity contribution in [3.05, 3.63) is 35.1 Å². The minimum atomic E-state index is -0.454. The fraction of sp³-hybridized carbons (Fsp3) is 0.500. The maximum atomic E-state index is 13.1. The number of nitrogens with zero attached hydrogens (tertiary/aromatic N) is 1. The largest absolute Gasteiger partial charge is 0.381 e. The molecule has 0 spiro atoms. The van der Waals surface area contributed by atoms with Crippen LogP contribution in [0, 0.1) is 23.1 Å². The minimum absolute atomic E-state index is 0.110. The standard InChI is InChI=1S/C14H17FN2O/c15-14-2-1-12(7-13(14)8-16)9-17-5-3-11-4-6-18-10-11/h1-2,7,11,17H,3-6,9-10H2. The molecule has 0 aromatic heterocycles. The predicted octanol–water partition coefficient (Wildman–Crippen LogP) is 2.21. The van der Waals surface area contributed by atoms with Crippen molar-refractivity contribution in [2.24, 2.45) is 5.92 Å². The molecule has 1 heterocycles. The van der Waals surface area contributed by atoms with Gasteiger partial charge in [0.1, 0.15) is 11.9 Å². The zero-order valence-corrected chi connectivity index (χ0v) is 10.3. The van der Waals surface area contributed by atoms with Gasteiger partial charge in [0.05, 0.1) is 5.56 Å². The van der Waals surface area contributed by atoms with Crippen LogP contribution < -0.4 is 5.32 Å². The van der Waals surface area contributed by atoms with Crippen molar-refractivity contribution in [1.82, 2.24) is 5.32 Å². The van der Waals surface area contributed by atoms with E-state index in [1.165, 1.54) is 6.07 Å². The highest BCUT2D eigenvalue weighted by molar-refractivity contribution is 5.34. The molecule has 1 fully saturated rings. The lowest BCUT2D eigenvalue weighted by Gasteiger charge is -2.09. The Morgan fingerprint density at radius 3 is 3.11 bits per heavy atom. The molecule has 1 N–H and O–H groups in total. The van der Waals surface area contributed by atoms with E-state index in [0.717, 1.165) is 38.2 Å². The Hall–Kier alpha value is -1.44. The van der Waals surface area contributed by atoms with E-state index >= 15 is 0 Å². The Morgan fingerprint density at radius 1 is 1.50 bits per heavy atom. The lowest BCUT2D eigenvalue weighted by molar-refractivity contribution is 0.184. The smallest absolute Gasteiger partial charge is 0.140 e. The van der Waals surface area contributed by atoms with Crippen LogP contribution in [-0.4, -0.2) is 19.8 Å². The molecule has 2 rings (SSSR count). The molecule has 0 bridgehead atoms. The van der Waals surface area contributed by atoms with Gasteiger partial charge >= 0.3 is 0 Å². The molecule has 1 aromatic carbocycles. The Kier molecular flexibility index (Phi) is 4.68. The number of benzene rings is 1. The SMILES string of the molecule is N#Cc1cc(CNCCC2CCOC2)ccc1F. The molecule has 1 aliphatic heterocycles. The van der Waals surface area contributed by atoms with Crippen LogP contribution in [0.5, 0.6) is 0 Å². The van der Waals surface area contributed by atoms with Gasteiger partial charge in [-0.05, 0) is 43.0 Å². The first kappa shape index (κ1) is 13.0. The number of nitrogens with one attached hydrogen (secondary N) is 1. The number of halogens is 1. The highest BCUT2D eigenvalue weighted by Crippen LogP contribution is 2.15. The zero-order chi connectivity index (χ0) is 12.8. The lowest BCUT2D eigenvalue weighted by atomic mass is 10.1. The molecule has 0 saturated carbocycles. The minimum Gasteiger partial charge on any atom is -0.381 e. The summed E-state index contributed by atoms with van der Waals surface area (Å²) in [6, 6.07) is 6.51. The maximum absolute atomic E-state index is 13.1. The van der Waals surface area contributed by atoms with Crippen LogP contribution in [0.4, 0.5) is 4.39 Å². The highest BCUT2D eigenvalue weighted by Gasteiger charge is 2.14. The van der Waals surface area contributed by atoms with Gasteiger partial charge < -0.3 is 10.1 Å². The van der Waals surface area contributed by atoms with Crippen LogP contribution in [0.3, 0.4) is 0 Å². The van der Waals surface area contributed by atoms with E-state index in [1.807, 2.05) is 6.07 Å². The van der Waals surface area contributed by atoms with Crippen molar-refractivity contribution in [3.8, 4) is 6.07 Å². The van der Waals surface area contributed by atoms with Crippen molar-refractivity contribution >= 4 is 0 Å². The van der Waals surface area contributed by atoms with Crippen LogP contribution in [-0.2, 0) is 11.3 Å².